The summed E-state index contributed by atoms with van der Waals surface area (Å²) in [4.78, 5) is 52.6. The SMILES string of the molecule is C[C@@H]1CN(CC(=O)N2CC(C)(C)c3cnc(Oc4ccccc4Cl)cc32)[C@@H](C(=O)N2CCOCC2)CN1C(=O)OC(C)(C)C. The largest absolute Gasteiger partial charge is 0.444 e. The summed E-state index contributed by atoms with van der Waals surface area (Å²) < 4.78 is 17.1. The lowest BCUT2D eigenvalue weighted by Gasteiger charge is -2.46. The number of morpholine rings is 1. The molecule has 44 heavy (non-hydrogen) atoms. The Morgan fingerprint density at radius 2 is 1.82 bits per heavy atom. The van der Waals surface area contributed by atoms with Crippen molar-refractivity contribution in [2.24, 2.45) is 0 Å². The number of carbonyl (C=O) groups excluding carboxylic acids is 3. The van der Waals surface area contributed by atoms with Crippen molar-refractivity contribution < 1.29 is 28.6 Å². The molecule has 0 aliphatic carbocycles. The lowest BCUT2D eigenvalue weighted by Crippen LogP contribution is -2.65. The van der Waals surface area contributed by atoms with Crippen LogP contribution in [0.25, 0.3) is 0 Å². The topological polar surface area (TPSA) is 105 Å². The van der Waals surface area contributed by atoms with Crippen LogP contribution in [0.3, 0.4) is 0 Å². The van der Waals surface area contributed by atoms with Gasteiger partial charge in [0.15, 0.2) is 0 Å². The number of piperazine rings is 1. The molecule has 0 N–H and O–H groups in total. The highest BCUT2D eigenvalue weighted by atomic mass is 35.5. The van der Waals surface area contributed by atoms with Crippen molar-refractivity contribution in [1.29, 1.82) is 0 Å². The molecule has 1 aromatic carbocycles. The quantitative estimate of drug-likeness (QED) is 0.483. The molecule has 2 fully saturated rings. The standard InChI is InChI=1S/C32H42ClN5O6/c1-21-17-36(25(29(40)35-11-13-42-14-12-35)18-37(21)30(41)44-31(2,3)4)19-28(39)38-20-32(5,6)22-16-34-27(15-24(22)38)43-26-10-8-7-9-23(26)33/h7-10,15-16,21,25H,11-14,17-20H2,1-6H3/t21-,25-/m1/s1. The summed E-state index contributed by atoms with van der Waals surface area (Å²) in [5.41, 5.74) is 0.634. The van der Waals surface area contributed by atoms with Gasteiger partial charge in [-0.25, -0.2) is 9.78 Å². The van der Waals surface area contributed by atoms with Gasteiger partial charge in [-0.2, -0.15) is 0 Å². The highest BCUT2D eigenvalue weighted by Crippen LogP contribution is 2.42. The third-order valence-corrected chi connectivity index (χ3v) is 8.51. The predicted molar refractivity (Wildman–Crippen MR) is 166 cm³/mol. The Morgan fingerprint density at radius 1 is 1.11 bits per heavy atom. The predicted octanol–water partition coefficient (Wildman–Crippen LogP) is 4.32. The van der Waals surface area contributed by atoms with E-state index in [0.717, 1.165) is 5.56 Å². The summed E-state index contributed by atoms with van der Waals surface area (Å²) in [5, 5.41) is 0.457. The number of hydrogen-bond acceptors (Lipinski definition) is 8. The normalized spacial score (nSPS) is 22.0. The number of rotatable bonds is 5. The van der Waals surface area contributed by atoms with Crippen molar-refractivity contribution in [3.8, 4) is 11.6 Å². The summed E-state index contributed by atoms with van der Waals surface area (Å²) in [5.74, 6) is 0.526. The van der Waals surface area contributed by atoms with Crippen LogP contribution in [0.2, 0.25) is 5.02 Å². The molecule has 5 rings (SSSR count). The Kier molecular flexibility index (Phi) is 9.11. The minimum atomic E-state index is -0.701. The van der Waals surface area contributed by atoms with Gasteiger partial charge >= 0.3 is 6.09 Å². The van der Waals surface area contributed by atoms with Crippen molar-refractivity contribution in [2.45, 2.75) is 64.6 Å². The van der Waals surface area contributed by atoms with Gasteiger partial charge in [0.1, 0.15) is 17.4 Å². The van der Waals surface area contributed by atoms with E-state index >= 15 is 0 Å². The maximum atomic E-state index is 14.1. The fourth-order valence-corrected chi connectivity index (χ4v) is 6.11. The van der Waals surface area contributed by atoms with E-state index in [-0.39, 0.29) is 36.4 Å². The molecule has 0 radical (unpaired) electrons. The minimum absolute atomic E-state index is 0.00575. The molecule has 0 spiro atoms. The summed E-state index contributed by atoms with van der Waals surface area (Å²) >= 11 is 6.30. The van der Waals surface area contributed by atoms with Crippen LogP contribution in [-0.4, -0.2) is 108 Å². The van der Waals surface area contributed by atoms with Gasteiger partial charge in [0.25, 0.3) is 0 Å². The molecule has 238 valence electrons. The molecule has 1 aromatic heterocycles. The van der Waals surface area contributed by atoms with Crippen LogP contribution in [0.5, 0.6) is 11.6 Å². The molecule has 2 saturated heterocycles. The van der Waals surface area contributed by atoms with Crippen LogP contribution in [0.1, 0.15) is 47.1 Å². The Hall–Kier alpha value is -3.41. The molecule has 2 atom stereocenters. The molecule has 0 saturated carbocycles. The summed E-state index contributed by atoms with van der Waals surface area (Å²) in [7, 11) is 0. The van der Waals surface area contributed by atoms with Crippen LogP contribution in [0.15, 0.2) is 36.5 Å². The lowest BCUT2D eigenvalue weighted by molar-refractivity contribution is -0.145. The van der Waals surface area contributed by atoms with E-state index in [1.165, 1.54) is 0 Å². The van der Waals surface area contributed by atoms with Crippen LogP contribution >= 0.6 is 11.6 Å². The number of anilines is 1. The number of para-hydroxylation sites is 1. The van der Waals surface area contributed by atoms with E-state index in [2.05, 4.69) is 18.8 Å². The second-order valence-electron chi connectivity index (χ2n) is 13.3. The third kappa shape index (κ3) is 6.95. The van der Waals surface area contributed by atoms with E-state index < -0.39 is 17.7 Å². The smallest absolute Gasteiger partial charge is 0.410 e. The number of benzene rings is 1. The van der Waals surface area contributed by atoms with Crippen LogP contribution < -0.4 is 9.64 Å². The highest BCUT2D eigenvalue weighted by Gasteiger charge is 2.44. The van der Waals surface area contributed by atoms with Gasteiger partial charge < -0.3 is 28.9 Å². The first kappa shape index (κ1) is 32.0. The summed E-state index contributed by atoms with van der Waals surface area (Å²) in [6.45, 7) is 14.3. The number of carbonyl (C=O) groups is 3. The average molecular weight is 628 g/mol. The van der Waals surface area contributed by atoms with E-state index in [0.29, 0.717) is 61.7 Å². The number of halogens is 1. The van der Waals surface area contributed by atoms with Crippen LogP contribution in [-0.2, 0) is 24.5 Å². The van der Waals surface area contributed by atoms with E-state index in [4.69, 9.17) is 25.8 Å². The van der Waals surface area contributed by atoms with E-state index in [1.54, 1.807) is 39.1 Å². The van der Waals surface area contributed by atoms with Gasteiger partial charge in [0.05, 0.1) is 30.5 Å². The molecule has 12 heteroatoms. The van der Waals surface area contributed by atoms with Gasteiger partial charge in [0.2, 0.25) is 17.7 Å². The molecule has 0 unspecified atom stereocenters. The number of aromatic nitrogens is 1. The van der Waals surface area contributed by atoms with Crippen molar-refractivity contribution in [3.63, 3.8) is 0 Å². The Labute approximate surface area is 264 Å². The number of ether oxygens (including phenoxy) is 3. The molecule has 3 amide bonds. The van der Waals surface area contributed by atoms with Gasteiger partial charge in [-0.1, -0.05) is 37.6 Å². The van der Waals surface area contributed by atoms with Crippen molar-refractivity contribution in [1.82, 2.24) is 19.7 Å². The molecule has 2 aromatic rings. The molecule has 0 bridgehead atoms. The monoisotopic (exact) mass is 627 g/mol. The van der Waals surface area contributed by atoms with E-state index in [1.807, 2.05) is 44.7 Å². The molecule has 4 heterocycles. The number of amides is 3. The Morgan fingerprint density at radius 3 is 2.50 bits per heavy atom. The number of hydrogen-bond donors (Lipinski definition) is 0. The summed E-state index contributed by atoms with van der Waals surface area (Å²) in [6, 6.07) is 7.94. The van der Waals surface area contributed by atoms with Gasteiger partial charge in [-0.15, -0.1) is 0 Å². The Bertz CT molecular complexity index is 1410. The highest BCUT2D eigenvalue weighted by molar-refractivity contribution is 6.32. The van der Waals surface area contributed by atoms with Crippen molar-refractivity contribution in [2.75, 3.05) is 57.4 Å². The van der Waals surface area contributed by atoms with Gasteiger partial charge in [-0.3, -0.25) is 14.5 Å². The van der Waals surface area contributed by atoms with Gasteiger partial charge in [0, 0.05) is 62.0 Å². The Balaban J connectivity index is 1.39. The van der Waals surface area contributed by atoms with Crippen LogP contribution in [0, 0.1) is 0 Å². The molecule has 3 aliphatic rings. The molecule has 11 nitrogen and oxygen atoms in total. The minimum Gasteiger partial charge on any atom is -0.444 e. The third-order valence-electron chi connectivity index (χ3n) is 8.20. The first-order chi connectivity index (χ1) is 20.7. The van der Waals surface area contributed by atoms with E-state index in [9.17, 15) is 14.4 Å². The number of nitrogens with zero attached hydrogens (tertiary/aromatic N) is 5. The molecular weight excluding hydrogens is 586 g/mol. The maximum absolute atomic E-state index is 14.1. The second-order valence-corrected chi connectivity index (χ2v) is 13.7. The van der Waals surface area contributed by atoms with Gasteiger partial charge in [-0.05, 0) is 39.8 Å². The maximum Gasteiger partial charge on any atom is 0.410 e. The lowest BCUT2D eigenvalue weighted by atomic mass is 9.88. The van der Waals surface area contributed by atoms with Crippen molar-refractivity contribution >= 4 is 35.2 Å². The fourth-order valence-electron chi connectivity index (χ4n) is 5.94. The average Bonchev–Trinajstić information content (AvgIpc) is 3.23. The zero-order chi connectivity index (χ0) is 31.8. The fraction of sp³-hybridized carbons (Fsp3) is 0.562. The number of fused-ring (bicyclic) bond motifs is 1. The summed E-state index contributed by atoms with van der Waals surface area (Å²) in [6.07, 6.45) is 1.28. The first-order valence-electron chi connectivity index (χ1n) is 15.1. The first-order valence-corrected chi connectivity index (χ1v) is 15.4. The number of pyridine rings is 1. The zero-order valence-corrected chi connectivity index (χ0v) is 27.1. The zero-order valence-electron chi connectivity index (χ0n) is 26.3. The van der Waals surface area contributed by atoms with Crippen molar-refractivity contribution in [3.05, 3.63) is 47.1 Å². The van der Waals surface area contributed by atoms with Crippen LogP contribution in [0.4, 0.5) is 10.5 Å². The molecule has 3 aliphatic heterocycles. The second kappa shape index (κ2) is 12.5. The molecular formula is C32H42ClN5O6.